The molecule has 0 saturated carbocycles. The van der Waals surface area contributed by atoms with Gasteiger partial charge < -0.3 is 19.7 Å². The topological polar surface area (TPSA) is 84.9 Å². The van der Waals surface area contributed by atoms with Crippen LogP contribution in [0.4, 0.5) is 0 Å². The first-order valence-electron chi connectivity index (χ1n) is 8.49. The van der Waals surface area contributed by atoms with Crippen molar-refractivity contribution in [1.29, 1.82) is 0 Å². The number of likely N-dealkylation sites (tertiary alicyclic amines) is 1. The quantitative estimate of drug-likeness (QED) is 0.743. The number of nitrogens with one attached hydrogen (secondary N) is 1. The Morgan fingerprint density at radius 2 is 2.00 bits per heavy atom. The van der Waals surface area contributed by atoms with Crippen LogP contribution >= 0.6 is 0 Å². The number of benzene rings is 1. The van der Waals surface area contributed by atoms with E-state index < -0.39 is 0 Å². The second kappa shape index (κ2) is 9.66. The maximum absolute atomic E-state index is 12.2. The SMILES string of the molecule is CCOC(=O)C1CCCN(C(=O)CNC(=O)COc2ccccc2)C1. The maximum Gasteiger partial charge on any atom is 0.310 e. The van der Waals surface area contributed by atoms with Gasteiger partial charge in [-0.3, -0.25) is 14.4 Å². The van der Waals surface area contributed by atoms with Gasteiger partial charge in [-0.15, -0.1) is 0 Å². The number of hydrogen-bond acceptors (Lipinski definition) is 5. The van der Waals surface area contributed by atoms with Crippen LogP contribution in [0.2, 0.25) is 0 Å². The van der Waals surface area contributed by atoms with Crippen LogP contribution in [0, 0.1) is 5.92 Å². The number of ether oxygens (including phenoxy) is 2. The number of para-hydroxylation sites is 1. The summed E-state index contributed by atoms with van der Waals surface area (Å²) in [6.07, 6.45) is 1.47. The van der Waals surface area contributed by atoms with Gasteiger partial charge in [0, 0.05) is 13.1 Å². The average Bonchev–Trinajstić information content (AvgIpc) is 2.65. The Balaban J connectivity index is 1.72. The fraction of sp³-hybridized carbons (Fsp3) is 0.500. The Morgan fingerprint density at radius 1 is 1.24 bits per heavy atom. The molecule has 1 aromatic rings. The number of carbonyl (C=O) groups excluding carboxylic acids is 3. The summed E-state index contributed by atoms with van der Waals surface area (Å²) in [5.74, 6) is -0.523. The van der Waals surface area contributed by atoms with E-state index in [0.29, 0.717) is 25.4 Å². The molecule has 2 rings (SSSR count). The van der Waals surface area contributed by atoms with Crippen LogP contribution in [0.3, 0.4) is 0 Å². The third-order valence-corrected chi connectivity index (χ3v) is 3.94. The maximum atomic E-state index is 12.2. The van der Waals surface area contributed by atoms with Gasteiger partial charge in [-0.05, 0) is 31.9 Å². The third kappa shape index (κ3) is 6.10. The van der Waals surface area contributed by atoms with Crippen LogP contribution in [0.25, 0.3) is 0 Å². The summed E-state index contributed by atoms with van der Waals surface area (Å²) in [6, 6.07) is 8.98. The standard InChI is InChI=1S/C18H24N2O5/c1-2-24-18(23)14-7-6-10-20(12-14)17(22)11-19-16(21)13-25-15-8-4-3-5-9-15/h3-5,8-9,14H,2,6-7,10-13H2,1H3,(H,19,21). The molecule has 1 atom stereocenters. The minimum atomic E-state index is -0.365. The third-order valence-electron chi connectivity index (χ3n) is 3.94. The smallest absolute Gasteiger partial charge is 0.310 e. The van der Waals surface area contributed by atoms with Crippen LogP contribution in [-0.4, -0.2) is 55.5 Å². The van der Waals surface area contributed by atoms with Crippen LogP contribution in [0.15, 0.2) is 30.3 Å². The molecular weight excluding hydrogens is 324 g/mol. The molecule has 1 heterocycles. The zero-order chi connectivity index (χ0) is 18.1. The van der Waals surface area contributed by atoms with Crippen molar-refractivity contribution in [3.8, 4) is 5.75 Å². The first kappa shape index (κ1) is 18.8. The minimum Gasteiger partial charge on any atom is -0.484 e. The second-order valence-corrected chi connectivity index (χ2v) is 5.81. The van der Waals surface area contributed by atoms with Gasteiger partial charge in [-0.1, -0.05) is 18.2 Å². The Morgan fingerprint density at radius 3 is 2.72 bits per heavy atom. The fourth-order valence-corrected chi connectivity index (χ4v) is 2.66. The Kier molecular flexibility index (Phi) is 7.25. The summed E-state index contributed by atoms with van der Waals surface area (Å²) in [7, 11) is 0. The number of esters is 1. The van der Waals surface area contributed by atoms with E-state index in [1.165, 1.54) is 0 Å². The highest BCUT2D eigenvalue weighted by Gasteiger charge is 2.29. The van der Waals surface area contributed by atoms with Crippen molar-refractivity contribution in [3.63, 3.8) is 0 Å². The van der Waals surface area contributed by atoms with Gasteiger partial charge in [0.25, 0.3) is 5.91 Å². The fourth-order valence-electron chi connectivity index (χ4n) is 2.66. The van der Waals surface area contributed by atoms with Gasteiger partial charge in [-0.2, -0.15) is 0 Å². The largest absolute Gasteiger partial charge is 0.484 e. The monoisotopic (exact) mass is 348 g/mol. The van der Waals surface area contributed by atoms with Crippen LogP contribution in [-0.2, 0) is 19.1 Å². The molecule has 1 aliphatic rings. The highest BCUT2D eigenvalue weighted by Crippen LogP contribution is 2.17. The molecule has 0 aliphatic carbocycles. The molecule has 1 unspecified atom stereocenters. The van der Waals surface area contributed by atoms with Crippen LogP contribution in [0.1, 0.15) is 19.8 Å². The molecule has 136 valence electrons. The first-order valence-corrected chi connectivity index (χ1v) is 8.49. The van der Waals surface area contributed by atoms with Crippen molar-refractivity contribution >= 4 is 17.8 Å². The van der Waals surface area contributed by atoms with Gasteiger partial charge in [0.05, 0.1) is 19.1 Å². The minimum absolute atomic E-state index is 0.105. The van der Waals surface area contributed by atoms with E-state index in [0.717, 1.165) is 12.8 Å². The van der Waals surface area contributed by atoms with Gasteiger partial charge in [0.2, 0.25) is 5.91 Å². The molecule has 7 heteroatoms. The molecule has 25 heavy (non-hydrogen) atoms. The molecule has 7 nitrogen and oxygen atoms in total. The van der Waals surface area contributed by atoms with Gasteiger partial charge in [0.1, 0.15) is 5.75 Å². The van der Waals surface area contributed by atoms with Crippen molar-refractivity contribution < 1.29 is 23.9 Å². The summed E-state index contributed by atoms with van der Waals surface area (Å²) < 4.78 is 10.3. The van der Waals surface area contributed by atoms with Crippen LogP contribution in [0.5, 0.6) is 5.75 Å². The Bertz CT molecular complexity index is 590. The van der Waals surface area contributed by atoms with Crippen molar-refractivity contribution in [3.05, 3.63) is 30.3 Å². The molecular formula is C18H24N2O5. The van der Waals surface area contributed by atoms with Crippen molar-refractivity contribution in [1.82, 2.24) is 10.2 Å². The predicted octanol–water partition coefficient (Wildman–Crippen LogP) is 0.983. The summed E-state index contributed by atoms with van der Waals surface area (Å²) in [4.78, 5) is 37.4. The van der Waals surface area contributed by atoms with Gasteiger partial charge >= 0.3 is 5.97 Å². The van der Waals surface area contributed by atoms with Crippen LogP contribution < -0.4 is 10.1 Å². The Hall–Kier alpha value is -2.57. The highest BCUT2D eigenvalue weighted by atomic mass is 16.5. The van der Waals surface area contributed by atoms with E-state index in [1.54, 1.807) is 24.0 Å². The van der Waals surface area contributed by atoms with Crippen molar-refractivity contribution in [2.45, 2.75) is 19.8 Å². The van der Waals surface area contributed by atoms with Gasteiger partial charge in [0.15, 0.2) is 6.61 Å². The predicted molar refractivity (Wildman–Crippen MR) is 90.9 cm³/mol. The van der Waals surface area contributed by atoms with Crippen molar-refractivity contribution in [2.75, 3.05) is 32.8 Å². The number of hydrogen-bond donors (Lipinski definition) is 1. The molecule has 1 fully saturated rings. The van der Waals surface area contributed by atoms with Crippen molar-refractivity contribution in [2.24, 2.45) is 5.92 Å². The summed E-state index contributed by atoms with van der Waals surface area (Å²) in [5, 5.41) is 2.55. The lowest BCUT2D eigenvalue weighted by molar-refractivity contribution is -0.151. The van der Waals surface area contributed by atoms with E-state index in [2.05, 4.69) is 5.32 Å². The molecule has 2 amide bonds. The highest BCUT2D eigenvalue weighted by molar-refractivity contribution is 5.85. The number of amides is 2. The zero-order valence-corrected chi connectivity index (χ0v) is 14.4. The van der Waals surface area contributed by atoms with Gasteiger partial charge in [-0.25, -0.2) is 0 Å². The van der Waals surface area contributed by atoms with E-state index in [9.17, 15) is 14.4 Å². The average molecular weight is 348 g/mol. The first-order chi connectivity index (χ1) is 12.1. The lowest BCUT2D eigenvalue weighted by Gasteiger charge is -2.31. The number of piperidine rings is 1. The number of carbonyl (C=O) groups is 3. The molecule has 0 aromatic heterocycles. The number of rotatable bonds is 7. The van der Waals surface area contributed by atoms with E-state index in [-0.39, 0.29) is 36.9 Å². The molecule has 1 N–H and O–H groups in total. The van der Waals surface area contributed by atoms with E-state index in [4.69, 9.17) is 9.47 Å². The molecule has 0 radical (unpaired) electrons. The molecule has 0 spiro atoms. The summed E-state index contributed by atoms with van der Waals surface area (Å²) in [5.41, 5.74) is 0. The summed E-state index contributed by atoms with van der Waals surface area (Å²) in [6.45, 7) is 2.77. The molecule has 0 bridgehead atoms. The second-order valence-electron chi connectivity index (χ2n) is 5.81. The zero-order valence-electron chi connectivity index (χ0n) is 14.4. The normalized spacial score (nSPS) is 16.8. The molecule has 1 aromatic carbocycles. The van der Waals surface area contributed by atoms with E-state index in [1.807, 2.05) is 18.2 Å². The molecule has 1 aliphatic heterocycles. The number of nitrogens with zero attached hydrogens (tertiary/aromatic N) is 1. The summed E-state index contributed by atoms with van der Waals surface area (Å²) >= 11 is 0. The lowest BCUT2D eigenvalue weighted by atomic mass is 9.98. The molecule has 1 saturated heterocycles. The Labute approximate surface area is 147 Å². The van der Waals surface area contributed by atoms with E-state index >= 15 is 0 Å². The lowest BCUT2D eigenvalue weighted by Crippen LogP contribution is -2.47.